The Bertz CT molecular complexity index is 926. The van der Waals surface area contributed by atoms with Crippen LogP contribution < -0.4 is 5.32 Å². The molecule has 3 aromatic rings. The van der Waals surface area contributed by atoms with Gasteiger partial charge in [0.2, 0.25) is 0 Å². The van der Waals surface area contributed by atoms with Crippen molar-refractivity contribution >= 4 is 23.3 Å². The number of aromatic nitrogens is 2. The van der Waals surface area contributed by atoms with E-state index in [1.807, 2.05) is 68.6 Å². The minimum atomic E-state index is 0.447. The van der Waals surface area contributed by atoms with Crippen LogP contribution in [0.25, 0.3) is 11.3 Å². The fourth-order valence-corrected chi connectivity index (χ4v) is 2.79. The molecule has 0 radical (unpaired) electrons. The normalized spacial score (nSPS) is 10.3. The third kappa shape index (κ3) is 3.81. The van der Waals surface area contributed by atoms with Crippen LogP contribution in [0.3, 0.4) is 0 Å². The zero-order chi connectivity index (χ0) is 17.8. The minimum Gasteiger partial charge on any atom is -0.339 e. The van der Waals surface area contributed by atoms with Crippen molar-refractivity contribution in [2.75, 3.05) is 11.6 Å². The van der Waals surface area contributed by atoms with E-state index in [-0.39, 0.29) is 0 Å². The SMILES string of the molecule is CSc1nc(Nc2ccc(C)cc2)c(C#N)c(-c2ccc(C)cc2)n1. The molecule has 5 heteroatoms. The van der Waals surface area contributed by atoms with Gasteiger partial charge in [0.05, 0.1) is 5.69 Å². The first-order chi connectivity index (χ1) is 12.1. The van der Waals surface area contributed by atoms with Gasteiger partial charge < -0.3 is 5.32 Å². The van der Waals surface area contributed by atoms with Crippen molar-refractivity contribution in [2.45, 2.75) is 19.0 Å². The van der Waals surface area contributed by atoms with E-state index in [1.165, 1.54) is 22.9 Å². The van der Waals surface area contributed by atoms with Gasteiger partial charge in [0.25, 0.3) is 0 Å². The van der Waals surface area contributed by atoms with Crippen LogP contribution in [0.15, 0.2) is 53.7 Å². The Labute approximate surface area is 152 Å². The molecule has 0 fully saturated rings. The van der Waals surface area contributed by atoms with E-state index in [4.69, 9.17) is 0 Å². The molecule has 0 aliphatic heterocycles. The van der Waals surface area contributed by atoms with Crippen LogP contribution in [0.2, 0.25) is 0 Å². The van der Waals surface area contributed by atoms with Crippen molar-refractivity contribution in [1.29, 1.82) is 5.26 Å². The average molecular weight is 346 g/mol. The summed E-state index contributed by atoms with van der Waals surface area (Å²) in [5, 5.41) is 13.6. The number of hydrogen-bond acceptors (Lipinski definition) is 5. The first kappa shape index (κ1) is 17.0. The molecule has 0 unspecified atom stereocenters. The second-order valence-electron chi connectivity index (χ2n) is 5.75. The number of nitriles is 1. The zero-order valence-corrected chi connectivity index (χ0v) is 15.2. The van der Waals surface area contributed by atoms with Gasteiger partial charge in [-0.3, -0.25) is 0 Å². The predicted molar refractivity (Wildman–Crippen MR) is 103 cm³/mol. The van der Waals surface area contributed by atoms with Crippen molar-refractivity contribution in [3.63, 3.8) is 0 Å². The summed E-state index contributed by atoms with van der Waals surface area (Å²) in [4.78, 5) is 9.07. The number of nitrogens with zero attached hydrogens (tertiary/aromatic N) is 3. The second kappa shape index (κ2) is 7.37. The highest BCUT2D eigenvalue weighted by Crippen LogP contribution is 2.30. The number of nitrogens with one attached hydrogen (secondary N) is 1. The van der Waals surface area contributed by atoms with E-state index in [9.17, 15) is 5.26 Å². The summed E-state index contributed by atoms with van der Waals surface area (Å²) < 4.78 is 0. The third-order valence-electron chi connectivity index (χ3n) is 3.82. The van der Waals surface area contributed by atoms with E-state index >= 15 is 0 Å². The Morgan fingerprint density at radius 2 is 1.52 bits per heavy atom. The number of hydrogen-bond donors (Lipinski definition) is 1. The van der Waals surface area contributed by atoms with E-state index in [1.54, 1.807) is 0 Å². The lowest BCUT2D eigenvalue weighted by Gasteiger charge is -2.12. The van der Waals surface area contributed by atoms with Crippen LogP contribution in [-0.4, -0.2) is 16.2 Å². The average Bonchev–Trinajstić information content (AvgIpc) is 2.63. The van der Waals surface area contributed by atoms with Crippen LogP contribution in [0.4, 0.5) is 11.5 Å². The largest absolute Gasteiger partial charge is 0.339 e. The van der Waals surface area contributed by atoms with Gasteiger partial charge >= 0.3 is 0 Å². The summed E-state index contributed by atoms with van der Waals surface area (Å²) in [5.74, 6) is 0.529. The maximum atomic E-state index is 9.72. The van der Waals surface area contributed by atoms with Gasteiger partial charge in [-0.05, 0) is 32.2 Å². The molecule has 1 N–H and O–H groups in total. The molecule has 4 nitrogen and oxygen atoms in total. The van der Waals surface area contributed by atoms with Gasteiger partial charge in [-0.15, -0.1) is 0 Å². The van der Waals surface area contributed by atoms with Gasteiger partial charge in [0.15, 0.2) is 11.0 Å². The Hall–Kier alpha value is -2.84. The Morgan fingerprint density at radius 1 is 0.920 bits per heavy atom. The van der Waals surface area contributed by atoms with Crippen molar-refractivity contribution in [1.82, 2.24) is 9.97 Å². The molecule has 0 aliphatic carbocycles. The summed E-state index contributed by atoms with van der Waals surface area (Å²) in [6.07, 6.45) is 1.93. The number of benzene rings is 2. The summed E-state index contributed by atoms with van der Waals surface area (Å²) in [6.45, 7) is 4.07. The molecule has 3 rings (SSSR count). The van der Waals surface area contributed by atoms with Gasteiger partial charge in [0, 0.05) is 11.3 Å². The molecular formula is C20H18N4S. The number of thioether (sulfide) groups is 1. The Kier molecular flexibility index (Phi) is 5.01. The fourth-order valence-electron chi connectivity index (χ4n) is 2.42. The molecule has 0 spiro atoms. The number of rotatable bonds is 4. The molecule has 0 aliphatic rings. The van der Waals surface area contributed by atoms with Crippen molar-refractivity contribution in [2.24, 2.45) is 0 Å². The lowest BCUT2D eigenvalue weighted by Crippen LogP contribution is -2.03. The molecule has 25 heavy (non-hydrogen) atoms. The highest BCUT2D eigenvalue weighted by molar-refractivity contribution is 7.98. The molecule has 124 valence electrons. The maximum Gasteiger partial charge on any atom is 0.189 e. The van der Waals surface area contributed by atoms with Crippen molar-refractivity contribution in [3.8, 4) is 17.3 Å². The molecule has 2 aromatic carbocycles. The quantitative estimate of drug-likeness (QED) is 0.526. The molecule has 1 heterocycles. The smallest absolute Gasteiger partial charge is 0.189 e. The zero-order valence-electron chi connectivity index (χ0n) is 14.4. The highest BCUT2D eigenvalue weighted by atomic mass is 32.2. The summed E-state index contributed by atoms with van der Waals surface area (Å²) >= 11 is 1.46. The van der Waals surface area contributed by atoms with Crippen molar-refractivity contribution in [3.05, 3.63) is 65.2 Å². The van der Waals surface area contributed by atoms with Gasteiger partial charge in [0.1, 0.15) is 11.6 Å². The van der Waals surface area contributed by atoms with Crippen LogP contribution in [0.5, 0.6) is 0 Å². The highest BCUT2D eigenvalue weighted by Gasteiger charge is 2.16. The monoisotopic (exact) mass is 346 g/mol. The van der Waals surface area contributed by atoms with E-state index < -0.39 is 0 Å². The minimum absolute atomic E-state index is 0.447. The summed E-state index contributed by atoms with van der Waals surface area (Å²) in [6, 6.07) is 18.3. The number of anilines is 2. The maximum absolute atomic E-state index is 9.72. The fraction of sp³-hybridized carbons (Fsp3) is 0.150. The number of aryl methyl sites for hydroxylation is 2. The van der Waals surface area contributed by atoms with Crippen molar-refractivity contribution < 1.29 is 0 Å². The van der Waals surface area contributed by atoms with Crippen LogP contribution >= 0.6 is 11.8 Å². The molecule has 0 amide bonds. The third-order valence-corrected chi connectivity index (χ3v) is 4.37. The Balaban J connectivity index is 2.11. The Morgan fingerprint density at radius 3 is 2.08 bits per heavy atom. The van der Waals surface area contributed by atoms with Crippen LogP contribution in [0.1, 0.15) is 16.7 Å². The van der Waals surface area contributed by atoms with E-state index in [2.05, 4.69) is 21.4 Å². The van der Waals surface area contributed by atoms with Gasteiger partial charge in [-0.2, -0.15) is 5.26 Å². The second-order valence-corrected chi connectivity index (χ2v) is 6.52. The first-order valence-electron chi connectivity index (χ1n) is 7.87. The van der Waals surface area contributed by atoms with Crippen LogP contribution in [-0.2, 0) is 0 Å². The van der Waals surface area contributed by atoms with Gasteiger partial charge in [-0.25, -0.2) is 9.97 Å². The standard InChI is InChI=1S/C20H18N4S/c1-13-4-8-15(9-5-13)18-17(12-21)19(24-20(23-18)25-3)22-16-10-6-14(2)7-11-16/h4-11H,1-3H3,(H,22,23,24). The summed E-state index contributed by atoms with van der Waals surface area (Å²) in [7, 11) is 0. The molecule has 0 saturated heterocycles. The molecule has 0 saturated carbocycles. The summed E-state index contributed by atoms with van der Waals surface area (Å²) in [5.41, 5.74) is 5.24. The van der Waals surface area contributed by atoms with E-state index in [0.717, 1.165) is 11.3 Å². The lowest BCUT2D eigenvalue weighted by atomic mass is 10.1. The molecule has 0 atom stereocenters. The van der Waals surface area contributed by atoms with Crippen LogP contribution in [0, 0.1) is 25.2 Å². The predicted octanol–water partition coefficient (Wildman–Crippen LogP) is 5.10. The lowest BCUT2D eigenvalue weighted by molar-refractivity contribution is 0.975. The molecule has 1 aromatic heterocycles. The molecular weight excluding hydrogens is 328 g/mol. The first-order valence-corrected chi connectivity index (χ1v) is 9.10. The van der Waals surface area contributed by atoms with Gasteiger partial charge in [-0.1, -0.05) is 59.3 Å². The topological polar surface area (TPSA) is 61.6 Å². The van der Waals surface area contributed by atoms with E-state index in [0.29, 0.717) is 22.2 Å². The molecule has 0 bridgehead atoms.